The van der Waals surface area contributed by atoms with Crippen LogP contribution >= 0.6 is 11.3 Å². The fraction of sp³-hybridized carbons (Fsp3) is 0.263. The molecule has 5 nitrogen and oxygen atoms in total. The van der Waals surface area contributed by atoms with Gasteiger partial charge in [-0.25, -0.2) is 0 Å². The summed E-state index contributed by atoms with van der Waals surface area (Å²) in [5.74, 6) is -1.16. The molecular weight excluding hydrogens is 448 g/mol. The van der Waals surface area contributed by atoms with Gasteiger partial charge in [0, 0.05) is 11.4 Å². The summed E-state index contributed by atoms with van der Waals surface area (Å²) in [7, 11) is 0. The lowest BCUT2D eigenvalue weighted by Crippen LogP contribution is -2.24. The summed E-state index contributed by atoms with van der Waals surface area (Å²) in [4.78, 5) is 14.2. The second-order valence-corrected chi connectivity index (χ2v) is 7.66. The smallest absolute Gasteiger partial charge is 0.367 e. The van der Waals surface area contributed by atoms with Gasteiger partial charge in [-0.3, -0.25) is 4.79 Å². The first kappa shape index (κ1) is 22.7. The van der Waals surface area contributed by atoms with Crippen molar-refractivity contribution in [2.45, 2.75) is 32.2 Å². The third-order valence-electron chi connectivity index (χ3n) is 4.29. The molecular formula is C19H15F6N3O2S. The van der Waals surface area contributed by atoms with E-state index in [1.54, 1.807) is 6.07 Å². The van der Waals surface area contributed by atoms with E-state index in [4.69, 9.17) is 10.3 Å². The third-order valence-corrected chi connectivity index (χ3v) is 5.53. The third kappa shape index (κ3) is 5.01. The molecule has 0 spiro atoms. The molecule has 2 heterocycles. The van der Waals surface area contributed by atoms with Gasteiger partial charge in [-0.2, -0.15) is 26.3 Å². The predicted octanol–water partition coefficient (Wildman–Crippen LogP) is 5.52. The number of carbonyl (C=O) groups excluding carboxylic acids is 1. The number of nitrogen functional groups attached to an aromatic ring is 1. The number of aromatic nitrogens is 1. The van der Waals surface area contributed by atoms with Crippen LogP contribution in [-0.4, -0.2) is 11.1 Å². The molecule has 0 aliphatic carbocycles. The van der Waals surface area contributed by atoms with Crippen LogP contribution in [0.5, 0.6) is 0 Å². The number of nitrogens with zero attached hydrogens (tertiary/aromatic N) is 1. The van der Waals surface area contributed by atoms with E-state index in [0.29, 0.717) is 17.0 Å². The number of nitrogens with two attached hydrogens (primary N) is 1. The zero-order valence-electron chi connectivity index (χ0n) is 15.8. The zero-order chi connectivity index (χ0) is 23.0. The molecule has 3 aromatic rings. The van der Waals surface area contributed by atoms with E-state index in [9.17, 15) is 31.1 Å². The van der Waals surface area contributed by atoms with E-state index in [1.807, 2.05) is 13.0 Å². The van der Waals surface area contributed by atoms with Crippen molar-refractivity contribution in [2.75, 3.05) is 5.73 Å². The van der Waals surface area contributed by atoms with Crippen molar-refractivity contribution in [1.82, 2.24) is 10.5 Å². The minimum Gasteiger partial charge on any atom is -0.367 e. The minimum absolute atomic E-state index is 0.0174. The molecule has 3 rings (SSSR count). The number of benzene rings is 1. The average molecular weight is 463 g/mol. The van der Waals surface area contributed by atoms with Crippen LogP contribution in [-0.2, 0) is 25.3 Å². The van der Waals surface area contributed by atoms with E-state index in [2.05, 4.69) is 10.5 Å². The summed E-state index contributed by atoms with van der Waals surface area (Å²) >= 11 is 1.35. The van der Waals surface area contributed by atoms with Crippen molar-refractivity contribution >= 4 is 23.1 Å². The van der Waals surface area contributed by atoms with E-state index in [0.717, 1.165) is 11.3 Å². The number of thiophene rings is 1. The van der Waals surface area contributed by atoms with Crippen molar-refractivity contribution in [2.24, 2.45) is 0 Å². The number of carbonyl (C=O) groups is 1. The van der Waals surface area contributed by atoms with Gasteiger partial charge in [0.2, 0.25) is 5.88 Å². The maximum absolute atomic E-state index is 13.0. The topological polar surface area (TPSA) is 81.2 Å². The molecule has 0 bridgehead atoms. The van der Waals surface area contributed by atoms with Crippen molar-refractivity contribution in [3.8, 4) is 10.6 Å². The summed E-state index contributed by atoms with van der Waals surface area (Å²) in [6.45, 7) is 1.34. The summed E-state index contributed by atoms with van der Waals surface area (Å²) < 4.78 is 82.8. The van der Waals surface area contributed by atoms with Gasteiger partial charge in [0.1, 0.15) is 11.3 Å². The largest absolute Gasteiger partial charge is 0.416 e. The molecule has 0 saturated carbocycles. The van der Waals surface area contributed by atoms with Crippen LogP contribution in [0.1, 0.15) is 38.8 Å². The lowest BCUT2D eigenvalue weighted by Gasteiger charge is -2.14. The Morgan fingerprint density at radius 3 is 2.23 bits per heavy atom. The standard InChI is InChI=1S/C19H15F6N3O2S/c1-2-12-3-4-13(31-12)15-14(16(26)30-28-15)17(29)27-8-9-5-10(18(20,21)22)7-11(6-9)19(23,24)25/h3-7H,2,8,26H2,1H3,(H,27,29). The van der Waals surface area contributed by atoms with Crippen LogP contribution in [0.3, 0.4) is 0 Å². The Hall–Kier alpha value is -3.02. The molecule has 0 aliphatic heterocycles. The molecule has 1 amide bonds. The Morgan fingerprint density at radius 1 is 1.10 bits per heavy atom. The van der Waals surface area contributed by atoms with Crippen molar-refractivity contribution in [1.29, 1.82) is 0 Å². The Balaban J connectivity index is 1.87. The first-order chi connectivity index (χ1) is 14.4. The van der Waals surface area contributed by atoms with E-state index in [-0.39, 0.29) is 28.8 Å². The van der Waals surface area contributed by atoms with E-state index in [1.165, 1.54) is 11.3 Å². The summed E-state index contributed by atoms with van der Waals surface area (Å²) in [5.41, 5.74) is 2.34. The summed E-state index contributed by atoms with van der Waals surface area (Å²) in [6.07, 6.45) is -9.22. The number of aryl methyl sites for hydroxylation is 1. The van der Waals surface area contributed by atoms with Crippen LogP contribution in [0.15, 0.2) is 34.9 Å². The van der Waals surface area contributed by atoms with Gasteiger partial charge >= 0.3 is 12.4 Å². The van der Waals surface area contributed by atoms with Crippen LogP contribution in [0.4, 0.5) is 32.2 Å². The molecule has 31 heavy (non-hydrogen) atoms. The second-order valence-electron chi connectivity index (χ2n) is 6.49. The Bertz CT molecular complexity index is 1070. The van der Waals surface area contributed by atoms with Crippen LogP contribution in [0.25, 0.3) is 10.6 Å². The number of anilines is 1. The van der Waals surface area contributed by atoms with E-state index < -0.39 is 35.9 Å². The van der Waals surface area contributed by atoms with Gasteiger partial charge in [-0.1, -0.05) is 12.1 Å². The predicted molar refractivity (Wildman–Crippen MR) is 101 cm³/mol. The molecule has 2 aromatic heterocycles. The number of halogens is 6. The summed E-state index contributed by atoms with van der Waals surface area (Å²) in [5, 5.41) is 6.04. The van der Waals surface area contributed by atoms with E-state index >= 15 is 0 Å². The normalized spacial score (nSPS) is 12.2. The molecule has 0 radical (unpaired) electrons. The van der Waals surface area contributed by atoms with Gasteiger partial charge < -0.3 is 15.6 Å². The molecule has 3 N–H and O–H groups in total. The number of amides is 1. The molecule has 0 saturated heterocycles. The fourth-order valence-corrected chi connectivity index (χ4v) is 3.71. The second kappa shape index (κ2) is 8.25. The highest BCUT2D eigenvalue weighted by Gasteiger charge is 2.37. The van der Waals surface area contributed by atoms with Gasteiger partial charge in [0.05, 0.1) is 16.0 Å². The number of hydrogen-bond acceptors (Lipinski definition) is 5. The Morgan fingerprint density at radius 2 is 1.71 bits per heavy atom. The quantitative estimate of drug-likeness (QED) is 0.489. The van der Waals surface area contributed by atoms with Crippen LogP contribution < -0.4 is 11.1 Å². The van der Waals surface area contributed by atoms with Gasteiger partial charge in [-0.15, -0.1) is 11.3 Å². The molecule has 0 unspecified atom stereocenters. The molecule has 1 aromatic carbocycles. The maximum atomic E-state index is 13.0. The number of rotatable bonds is 5. The molecule has 166 valence electrons. The highest BCUT2D eigenvalue weighted by molar-refractivity contribution is 7.15. The van der Waals surface area contributed by atoms with Crippen molar-refractivity contribution < 1.29 is 35.7 Å². The highest BCUT2D eigenvalue weighted by Crippen LogP contribution is 2.36. The van der Waals surface area contributed by atoms with Gasteiger partial charge in [-0.05, 0) is 42.3 Å². The summed E-state index contributed by atoms with van der Waals surface area (Å²) in [6, 6.07) is 4.64. The molecule has 12 heteroatoms. The first-order valence-electron chi connectivity index (χ1n) is 8.81. The SMILES string of the molecule is CCc1ccc(-c2noc(N)c2C(=O)NCc2cc(C(F)(F)F)cc(C(F)(F)F)c2)s1. The monoisotopic (exact) mass is 463 g/mol. The molecule has 0 fully saturated rings. The Labute approximate surface area is 175 Å². The minimum atomic E-state index is -4.98. The number of hydrogen-bond donors (Lipinski definition) is 2. The lowest BCUT2D eigenvalue weighted by molar-refractivity contribution is -0.143. The van der Waals surface area contributed by atoms with Crippen LogP contribution in [0, 0.1) is 0 Å². The first-order valence-corrected chi connectivity index (χ1v) is 9.62. The van der Waals surface area contributed by atoms with Crippen LogP contribution in [0.2, 0.25) is 0 Å². The van der Waals surface area contributed by atoms with Crippen molar-refractivity contribution in [3.05, 3.63) is 57.5 Å². The lowest BCUT2D eigenvalue weighted by atomic mass is 10.0. The van der Waals surface area contributed by atoms with Gasteiger partial charge in [0.25, 0.3) is 5.91 Å². The highest BCUT2D eigenvalue weighted by atomic mass is 32.1. The fourth-order valence-electron chi connectivity index (χ4n) is 2.78. The maximum Gasteiger partial charge on any atom is 0.416 e. The number of alkyl halides is 6. The molecule has 0 aliphatic rings. The van der Waals surface area contributed by atoms with Gasteiger partial charge in [0.15, 0.2) is 0 Å². The molecule has 0 atom stereocenters. The Kier molecular flexibility index (Phi) is 6.03. The zero-order valence-corrected chi connectivity index (χ0v) is 16.6. The van der Waals surface area contributed by atoms with Crippen molar-refractivity contribution in [3.63, 3.8) is 0 Å². The number of nitrogens with one attached hydrogen (secondary N) is 1. The average Bonchev–Trinajstić information content (AvgIpc) is 3.30.